The average molecular weight is 287 g/mol. The number of pyridine rings is 1. The van der Waals surface area contributed by atoms with Gasteiger partial charge in [0, 0.05) is 12.1 Å². The zero-order valence-electron chi connectivity index (χ0n) is 9.25. The van der Waals surface area contributed by atoms with E-state index in [2.05, 4.69) is 10.3 Å². The lowest BCUT2D eigenvalue weighted by Gasteiger charge is -2.06. The Morgan fingerprint density at radius 2 is 1.79 bits per heavy atom. The van der Waals surface area contributed by atoms with Gasteiger partial charge in [0.15, 0.2) is 0 Å². The summed E-state index contributed by atoms with van der Waals surface area (Å²) in [6.45, 7) is 0. The molecule has 0 aliphatic heterocycles. The molecule has 0 bridgehead atoms. The maximum atomic E-state index is 13.4. The largest absolute Gasteiger partial charge is 0.306 e. The zero-order valence-corrected chi connectivity index (χ0v) is 10.0. The monoisotopic (exact) mass is 286 g/mol. The lowest BCUT2D eigenvalue weighted by atomic mass is 10.2. The number of halogens is 4. The molecular weight excluding hydrogens is 281 g/mol. The van der Waals surface area contributed by atoms with Crippen molar-refractivity contribution in [1.29, 1.82) is 0 Å². The van der Waals surface area contributed by atoms with Crippen molar-refractivity contribution in [3.8, 4) is 0 Å². The molecule has 0 spiro atoms. The molecule has 7 heteroatoms. The van der Waals surface area contributed by atoms with Crippen molar-refractivity contribution < 1.29 is 18.0 Å². The minimum atomic E-state index is -1.29. The van der Waals surface area contributed by atoms with Gasteiger partial charge in [-0.05, 0) is 12.1 Å². The van der Waals surface area contributed by atoms with Crippen LogP contribution in [0.1, 0.15) is 10.4 Å². The first-order chi connectivity index (χ1) is 8.97. The predicted molar refractivity (Wildman–Crippen MR) is 63.5 cm³/mol. The van der Waals surface area contributed by atoms with Crippen LogP contribution in [0.25, 0.3) is 0 Å². The van der Waals surface area contributed by atoms with Crippen LogP contribution in [-0.2, 0) is 0 Å². The molecule has 2 rings (SSSR count). The number of carbonyl (C=O) groups excluding carboxylic acids is 1. The van der Waals surface area contributed by atoms with Gasteiger partial charge >= 0.3 is 0 Å². The Balaban J connectivity index is 2.31. The van der Waals surface area contributed by atoms with Crippen molar-refractivity contribution in [3.63, 3.8) is 0 Å². The maximum absolute atomic E-state index is 13.4. The number of benzene rings is 1. The van der Waals surface area contributed by atoms with E-state index in [-0.39, 0.29) is 11.0 Å². The van der Waals surface area contributed by atoms with Gasteiger partial charge < -0.3 is 5.32 Å². The second-order valence-electron chi connectivity index (χ2n) is 3.54. The van der Waals surface area contributed by atoms with Crippen LogP contribution in [-0.4, -0.2) is 10.9 Å². The van der Waals surface area contributed by atoms with E-state index in [4.69, 9.17) is 11.6 Å². The third-order valence-electron chi connectivity index (χ3n) is 2.19. The van der Waals surface area contributed by atoms with Crippen LogP contribution in [0.15, 0.2) is 30.3 Å². The van der Waals surface area contributed by atoms with E-state index in [1.807, 2.05) is 0 Å². The number of hydrogen-bond acceptors (Lipinski definition) is 2. The van der Waals surface area contributed by atoms with Crippen LogP contribution < -0.4 is 5.32 Å². The normalized spacial score (nSPS) is 10.3. The fourth-order valence-electron chi connectivity index (χ4n) is 1.42. The highest BCUT2D eigenvalue weighted by molar-refractivity contribution is 6.29. The maximum Gasteiger partial charge on any atom is 0.262 e. The van der Waals surface area contributed by atoms with Gasteiger partial charge in [0.05, 0.1) is 0 Å². The minimum Gasteiger partial charge on any atom is -0.306 e. The third kappa shape index (κ3) is 3.03. The van der Waals surface area contributed by atoms with E-state index in [1.54, 1.807) is 0 Å². The highest BCUT2D eigenvalue weighted by Crippen LogP contribution is 2.17. The van der Waals surface area contributed by atoms with Crippen molar-refractivity contribution in [1.82, 2.24) is 4.98 Å². The lowest BCUT2D eigenvalue weighted by molar-refractivity contribution is 0.101. The number of aromatic nitrogens is 1. The van der Waals surface area contributed by atoms with Gasteiger partial charge in [0.25, 0.3) is 5.91 Å². The Bertz CT molecular complexity index is 626. The number of hydrogen-bond donors (Lipinski definition) is 1. The summed E-state index contributed by atoms with van der Waals surface area (Å²) in [4.78, 5) is 15.4. The molecule has 1 aromatic heterocycles. The molecule has 1 aromatic carbocycles. The molecule has 0 unspecified atom stereocenters. The molecule has 19 heavy (non-hydrogen) atoms. The van der Waals surface area contributed by atoms with Crippen molar-refractivity contribution in [3.05, 3.63) is 58.5 Å². The summed E-state index contributed by atoms with van der Waals surface area (Å²) in [5.74, 6) is -4.74. The van der Waals surface area contributed by atoms with Gasteiger partial charge in [-0.15, -0.1) is 0 Å². The van der Waals surface area contributed by atoms with Gasteiger partial charge in [-0.3, -0.25) is 4.79 Å². The molecule has 1 N–H and O–H groups in total. The van der Waals surface area contributed by atoms with Gasteiger partial charge in [-0.25, -0.2) is 18.2 Å². The molecule has 98 valence electrons. The van der Waals surface area contributed by atoms with E-state index >= 15 is 0 Å². The summed E-state index contributed by atoms with van der Waals surface area (Å²) in [6.07, 6.45) is 0. The first-order valence-corrected chi connectivity index (χ1v) is 5.43. The van der Waals surface area contributed by atoms with Crippen molar-refractivity contribution >= 4 is 23.3 Å². The number of amides is 1. The number of nitrogens with zero attached hydrogens (tertiary/aromatic N) is 1. The zero-order chi connectivity index (χ0) is 14.0. The first kappa shape index (κ1) is 13.4. The summed E-state index contributed by atoms with van der Waals surface area (Å²) in [5.41, 5.74) is -0.886. The van der Waals surface area contributed by atoms with Gasteiger partial charge in [-0.1, -0.05) is 17.7 Å². The Morgan fingerprint density at radius 1 is 1.16 bits per heavy atom. The molecular formula is C12H6ClF3N2O. The molecule has 3 nitrogen and oxygen atoms in total. The number of nitrogens with one attached hydrogen (secondary N) is 1. The van der Waals surface area contributed by atoms with E-state index in [1.165, 1.54) is 18.2 Å². The highest BCUT2D eigenvalue weighted by Gasteiger charge is 2.19. The van der Waals surface area contributed by atoms with Gasteiger partial charge in [0.2, 0.25) is 0 Å². The van der Waals surface area contributed by atoms with E-state index in [9.17, 15) is 18.0 Å². The SMILES string of the molecule is O=C(Nc1cccc(Cl)n1)c1c(F)cc(F)cc1F. The van der Waals surface area contributed by atoms with E-state index < -0.39 is 28.9 Å². The van der Waals surface area contributed by atoms with Crippen molar-refractivity contribution in [2.24, 2.45) is 0 Å². The Hall–Kier alpha value is -2.08. The van der Waals surface area contributed by atoms with Gasteiger partial charge in [-0.2, -0.15) is 0 Å². The summed E-state index contributed by atoms with van der Waals surface area (Å²) in [7, 11) is 0. The Kier molecular flexibility index (Phi) is 3.71. The van der Waals surface area contributed by atoms with Crippen molar-refractivity contribution in [2.45, 2.75) is 0 Å². The molecule has 0 aliphatic carbocycles. The van der Waals surface area contributed by atoms with Crippen LogP contribution in [0.4, 0.5) is 19.0 Å². The smallest absolute Gasteiger partial charge is 0.262 e. The molecule has 2 aromatic rings. The van der Waals surface area contributed by atoms with E-state index in [0.29, 0.717) is 12.1 Å². The topological polar surface area (TPSA) is 42.0 Å². The quantitative estimate of drug-likeness (QED) is 0.860. The van der Waals surface area contributed by atoms with Crippen LogP contribution in [0.5, 0.6) is 0 Å². The summed E-state index contributed by atoms with van der Waals surface area (Å²) in [5, 5.41) is 2.27. The highest BCUT2D eigenvalue weighted by atomic mass is 35.5. The number of rotatable bonds is 2. The van der Waals surface area contributed by atoms with Crippen molar-refractivity contribution in [2.75, 3.05) is 5.32 Å². The second-order valence-corrected chi connectivity index (χ2v) is 3.93. The molecule has 0 saturated carbocycles. The summed E-state index contributed by atoms with van der Waals surface area (Å²) < 4.78 is 39.4. The molecule has 0 aliphatic rings. The summed E-state index contributed by atoms with van der Waals surface area (Å²) in [6, 6.07) is 5.20. The Morgan fingerprint density at radius 3 is 2.37 bits per heavy atom. The third-order valence-corrected chi connectivity index (χ3v) is 2.40. The molecule has 1 heterocycles. The van der Waals surface area contributed by atoms with E-state index in [0.717, 1.165) is 0 Å². The second kappa shape index (κ2) is 5.27. The van der Waals surface area contributed by atoms with Crippen LogP contribution in [0.2, 0.25) is 5.15 Å². The predicted octanol–water partition coefficient (Wildman–Crippen LogP) is 3.40. The standard InChI is InChI=1S/C12H6ClF3N2O/c13-9-2-1-3-10(17-9)18-12(19)11-7(15)4-6(14)5-8(11)16/h1-5H,(H,17,18,19). The van der Waals surface area contributed by atoms with Crippen LogP contribution in [0.3, 0.4) is 0 Å². The Labute approximate surface area is 111 Å². The van der Waals surface area contributed by atoms with Crippen LogP contribution in [0, 0.1) is 17.5 Å². The molecule has 1 amide bonds. The first-order valence-electron chi connectivity index (χ1n) is 5.06. The average Bonchev–Trinajstić information content (AvgIpc) is 2.27. The molecule has 0 fully saturated rings. The van der Waals surface area contributed by atoms with Crippen LogP contribution >= 0.6 is 11.6 Å². The minimum absolute atomic E-state index is 0.0284. The summed E-state index contributed by atoms with van der Waals surface area (Å²) >= 11 is 5.60. The molecule has 0 atom stereocenters. The molecule has 0 saturated heterocycles. The molecule has 0 radical (unpaired) electrons. The lowest BCUT2D eigenvalue weighted by Crippen LogP contribution is -2.17. The fraction of sp³-hybridized carbons (Fsp3) is 0. The number of anilines is 1. The fourth-order valence-corrected chi connectivity index (χ4v) is 1.58. The number of carbonyl (C=O) groups is 1. The van der Waals surface area contributed by atoms with Gasteiger partial charge in [0.1, 0.15) is 34.0 Å².